The maximum Gasteiger partial charge on any atom is 0.326 e. The lowest BCUT2D eigenvalue weighted by molar-refractivity contribution is -0.147. The maximum absolute atomic E-state index is 12.9. The van der Waals surface area contributed by atoms with Crippen LogP contribution in [-0.2, 0) is 24.0 Å². The van der Waals surface area contributed by atoms with E-state index in [2.05, 4.69) is 10.6 Å². The van der Waals surface area contributed by atoms with Crippen molar-refractivity contribution in [2.75, 3.05) is 6.54 Å². The van der Waals surface area contributed by atoms with Gasteiger partial charge in [-0.1, -0.05) is 34.1 Å². The van der Waals surface area contributed by atoms with E-state index < -0.39 is 60.3 Å². The summed E-state index contributed by atoms with van der Waals surface area (Å²) in [6.07, 6.45) is 0.968. The highest BCUT2D eigenvalue weighted by atomic mass is 16.4. The third-order valence-corrected chi connectivity index (χ3v) is 5.62. The fourth-order valence-electron chi connectivity index (χ4n) is 3.41. The van der Waals surface area contributed by atoms with Gasteiger partial charge in [-0.05, 0) is 24.7 Å². The summed E-state index contributed by atoms with van der Waals surface area (Å²) in [7, 11) is 0. The Labute approximate surface area is 181 Å². The van der Waals surface area contributed by atoms with E-state index in [1.54, 1.807) is 13.8 Å². The van der Waals surface area contributed by atoms with Crippen LogP contribution in [0.5, 0.6) is 0 Å². The van der Waals surface area contributed by atoms with Crippen molar-refractivity contribution < 1.29 is 34.2 Å². The van der Waals surface area contributed by atoms with E-state index in [1.807, 2.05) is 13.8 Å². The van der Waals surface area contributed by atoms with E-state index in [-0.39, 0.29) is 11.8 Å². The number of carbonyl (C=O) groups excluding carboxylic acids is 3. The van der Waals surface area contributed by atoms with Gasteiger partial charge in [0.2, 0.25) is 17.7 Å². The zero-order chi connectivity index (χ0) is 23.9. The van der Waals surface area contributed by atoms with Crippen LogP contribution in [0.4, 0.5) is 0 Å². The molecule has 0 aliphatic carbocycles. The van der Waals surface area contributed by atoms with E-state index in [0.29, 0.717) is 25.8 Å². The normalized spacial score (nSPS) is 19.9. The lowest BCUT2D eigenvalue weighted by atomic mass is 9.98. The molecule has 0 spiro atoms. The first-order valence-electron chi connectivity index (χ1n) is 10.5. The van der Waals surface area contributed by atoms with Gasteiger partial charge in [0.05, 0.1) is 12.5 Å². The SMILES string of the molecule is CCC(C)C(N)C(=O)N1CCCC1C(=O)NC(C(=O)NC(CC(=O)O)C(=O)O)C(C)C. The van der Waals surface area contributed by atoms with Crippen molar-refractivity contribution in [3.05, 3.63) is 0 Å². The highest BCUT2D eigenvalue weighted by Gasteiger charge is 2.39. The number of carbonyl (C=O) groups is 5. The van der Waals surface area contributed by atoms with Crippen molar-refractivity contribution in [1.82, 2.24) is 15.5 Å². The van der Waals surface area contributed by atoms with Crippen LogP contribution in [0.2, 0.25) is 0 Å². The Kier molecular flexibility index (Phi) is 9.89. The average Bonchev–Trinajstić information content (AvgIpc) is 3.18. The van der Waals surface area contributed by atoms with Crippen molar-refractivity contribution in [3.63, 3.8) is 0 Å². The summed E-state index contributed by atoms with van der Waals surface area (Å²) in [6, 6.07) is -4.22. The van der Waals surface area contributed by atoms with Crippen molar-refractivity contribution in [2.45, 2.75) is 77.5 Å². The molecule has 0 bridgehead atoms. The smallest absolute Gasteiger partial charge is 0.326 e. The Hall–Kier alpha value is -2.69. The first-order valence-corrected chi connectivity index (χ1v) is 10.5. The number of carboxylic acids is 2. The predicted molar refractivity (Wildman–Crippen MR) is 111 cm³/mol. The lowest BCUT2D eigenvalue weighted by Crippen LogP contribution is -2.58. The van der Waals surface area contributed by atoms with Gasteiger partial charge < -0.3 is 31.5 Å². The molecule has 0 aromatic carbocycles. The number of hydrogen-bond acceptors (Lipinski definition) is 6. The number of aliphatic carboxylic acids is 2. The van der Waals surface area contributed by atoms with Gasteiger partial charge in [-0.2, -0.15) is 0 Å². The first kappa shape index (κ1) is 26.3. The van der Waals surface area contributed by atoms with Gasteiger partial charge >= 0.3 is 11.9 Å². The number of hydrogen-bond donors (Lipinski definition) is 5. The highest BCUT2D eigenvalue weighted by Crippen LogP contribution is 2.21. The summed E-state index contributed by atoms with van der Waals surface area (Å²) in [5.74, 6) is -4.97. The monoisotopic (exact) mass is 442 g/mol. The molecule has 3 amide bonds. The Bertz CT molecular complexity index is 697. The summed E-state index contributed by atoms with van der Waals surface area (Å²) in [4.78, 5) is 61.8. The molecule has 1 aliphatic heterocycles. The summed E-state index contributed by atoms with van der Waals surface area (Å²) >= 11 is 0. The molecule has 176 valence electrons. The Balaban J connectivity index is 2.91. The van der Waals surface area contributed by atoms with Crippen LogP contribution in [0.25, 0.3) is 0 Å². The van der Waals surface area contributed by atoms with Crippen LogP contribution < -0.4 is 16.4 Å². The fraction of sp³-hybridized carbons (Fsp3) is 0.750. The molecule has 1 saturated heterocycles. The summed E-state index contributed by atoms with van der Waals surface area (Å²) in [5.41, 5.74) is 6.04. The molecule has 1 heterocycles. The van der Waals surface area contributed by atoms with Crippen LogP contribution in [0.15, 0.2) is 0 Å². The van der Waals surface area contributed by atoms with Gasteiger partial charge in [0, 0.05) is 6.54 Å². The van der Waals surface area contributed by atoms with Crippen molar-refractivity contribution in [2.24, 2.45) is 17.6 Å². The van der Waals surface area contributed by atoms with Crippen LogP contribution in [-0.4, -0.2) is 75.5 Å². The average molecular weight is 443 g/mol. The highest BCUT2D eigenvalue weighted by molar-refractivity contribution is 5.95. The fourth-order valence-corrected chi connectivity index (χ4v) is 3.41. The second kappa shape index (κ2) is 11.6. The largest absolute Gasteiger partial charge is 0.481 e. The van der Waals surface area contributed by atoms with E-state index in [4.69, 9.17) is 15.9 Å². The molecule has 31 heavy (non-hydrogen) atoms. The molecule has 5 atom stereocenters. The van der Waals surface area contributed by atoms with Crippen molar-refractivity contribution in [1.29, 1.82) is 0 Å². The zero-order valence-corrected chi connectivity index (χ0v) is 18.5. The van der Waals surface area contributed by atoms with Gasteiger partial charge in [-0.15, -0.1) is 0 Å². The molecule has 11 nitrogen and oxygen atoms in total. The Morgan fingerprint density at radius 1 is 1.10 bits per heavy atom. The summed E-state index contributed by atoms with van der Waals surface area (Å²) < 4.78 is 0. The number of nitrogens with zero attached hydrogens (tertiary/aromatic N) is 1. The van der Waals surface area contributed by atoms with Crippen LogP contribution in [0.1, 0.15) is 53.4 Å². The minimum absolute atomic E-state index is 0.0480. The zero-order valence-electron chi connectivity index (χ0n) is 18.5. The lowest BCUT2D eigenvalue weighted by Gasteiger charge is -2.30. The predicted octanol–water partition coefficient (Wildman–Crippen LogP) is -0.464. The molecule has 5 unspecified atom stereocenters. The number of carboxylic acid groups (broad SMARTS) is 2. The van der Waals surface area contributed by atoms with Gasteiger partial charge in [-0.25, -0.2) is 4.79 Å². The van der Waals surface area contributed by atoms with Gasteiger partial charge in [0.1, 0.15) is 18.1 Å². The van der Waals surface area contributed by atoms with E-state index in [0.717, 1.165) is 0 Å². The molecule has 0 radical (unpaired) electrons. The van der Waals surface area contributed by atoms with Crippen LogP contribution >= 0.6 is 0 Å². The molecule has 1 aliphatic rings. The van der Waals surface area contributed by atoms with Crippen molar-refractivity contribution >= 4 is 29.7 Å². The number of nitrogens with two attached hydrogens (primary N) is 1. The maximum atomic E-state index is 12.9. The molecule has 1 rings (SSSR count). The Morgan fingerprint density at radius 3 is 2.19 bits per heavy atom. The first-order chi connectivity index (χ1) is 14.4. The van der Waals surface area contributed by atoms with Gasteiger partial charge in [-0.3, -0.25) is 19.2 Å². The van der Waals surface area contributed by atoms with E-state index in [1.165, 1.54) is 4.90 Å². The number of amides is 3. The number of likely N-dealkylation sites (tertiary alicyclic amines) is 1. The van der Waals surface area contributed by atoms with Crippen LogP contribution in [0.3, 0.4) is 0 Å². The Morgan fingerprint density at radius 2 is 1.71 bits per heavy atom. The molecular formula is C20H34N4O7. The molecule has 1 fully saturated rings. The van der Waals surface area contributed by atoms with E-state index in [9.17, 15) is 24.0 Å². The minimum Gasteiger partial charge on any atom is -0.481 e. The second-order valence-corrected chi connectivity index (χ2v) is 8.33. The molecule has 6 N–H and O–H groups in total. The van der Waals surface area contributed by atoms with Crippen LogP contribution in [0, 0.1) is 11.8 Å². The van der Waals surface area contributed by atoms with Gasteiger partial charge in [0.25, 0.3) is 0 Å². The summed E-state index contributed by atoms with van der Waals surface area (Å²) in [6.45, 7) is 7.50. The third kappa shape index (κ3) is 7.20. The van der Waals surface area contributed by atoms with Crippen molar-refractivity contribution in [3.8, 4) is 0 Å². The third-order valence-electron chi connectivity index (χ3n) is 5.62. The number of nitrogens with one attached hydrogen (secondary N) is 2. The minimum atomic E-state index is -1.62. The molecule has 0 aromatic rings. The molecule has 0 aromatic heterocycles. The standard InChI is InChI=1S/C20H34N4O7/c1-5-11(4)15(21)19(29)24-8-6-7-13(24)17(27)23-16(10(2)3)18(28)22-12(20(30)31)9-14(25)26/h10-13,15-16H,5-9,21H2,1-4H3,(H,22,28)(H,23,27)(H,25,26)(H,30,31). The molecule has 11 heteroatoms. The number of rotatable bonds is 11. The quantitative estimate of drug-likeness (QED) is 0.285. The molecular weight excluding hydrogens is 408 g/mol. The molecule has 0 saturated carbocycles. The van der Waals surface area contributed by atoms with E-state index >= 15 is 0 Å². The topological polar surface area (TPSA) is 179 Å². The second-order valence-electron chi connectivity index (χ2n) is 8.33. The van der Waals surface area contributed by atoms with Gasteiger partial charge in [0.15, 0.2) is 0 Å². The summed E-state index contributed by atoms with van der Waals surface area (Å²) in [5, 5.41) is 22.7.